The maximum atomic E-state index is 12.2. The molecule has 0 saturated heterocycles. The minimum Gasteiger partial charge on any atom is -0.459 e. The average Bonchev–Trinajstić information content (AvgIpc) is 3.19. The number of nitrogens with one attached hydrogen (secondary N) is 3. The lowest BCUT2D eigenvalue weighted by atomic mass is 10.1. The zero-order chi connectivity index (χ0) is 19.6. The van der Waals surface area contributed by atoms with Crippen molar-refractivity contribution in [3.63, 3.8) is 0 Å². The Balaban J connectivity index is 1.86. The zero-order valence-corrected chi connectivity index (χ0v) is 15.7. The fraction of sp³-hybridized carbons (Fsp3) is 0.278. The number of benzene rings is 1. The van der Waals surface area contributed by atoms with E-state index in [2.05, 4.69) is 16.0 Å². The molecule has 0 unspecified atom stereocenters. The summed E-state index contributed by atoms with van der Waals surface area (Å²) < 4.78 is 5.03. The van der Waals surface area contributed by atoms with Gasteiger partial charge in [0.1, 0.15) is 6.04 Å². The highest BCUT2D eigenvalue weighted by molar-refractivity contribution is 7.98. The van der Waals surface area contributed by atoms with Gasteiger partial charge < -0.3 is 26.1 Å². The molecule has 1 aromatic carbocycles. The molecule has 1 aromatic heterocycles. The van der Waals surface area contributed by atoms with Crippen LogP contribution in [0.4, 0.5) is 10.5 Å². The second-order valence-electron chi connectivity index (χ2n) is 5.69. The normalized spacial score (nSPS) is 11.4. The van der Waals surface area contributed by atoms with Crippen LogP contribution in [0, 0.1) is 0 Å². The van der Waals surface area contributed by atoms with Crippen molar-refractivity contribution < 1.29 is 18.8 Å². The van der Waals surface area contributed by atoms with Gasteiger partial charge in [0.15, 0.2) is 5.76 Å². The third kappa shape index (κ3) is 6.70. The summed E-state index contributed by atoms with van der Waals surface area (Å²) in [6.45, 7) is 0.293. The number of primary amides is 1. The Morgan fingerprint density at radius 1 is 1.19 bits per heavy atom. The van der Waals surface area contributed by atoms with Gasteiger partial charge in [-0.15, -0.1) is 0 Å². The second kappa shape index (κ2) is 10.3. The summed E-state index contributed by atoms with van der Waals surface area (Å²) in [5.41, 5.74) is 6.58. The molecule has 0 aliphatic heterocycles. The number of thioether (sulfide) groups is 1. The molecule has 9 heteroatoms. The molecular formula is C18H22N4O4S. The Hall–Kier alpha value is -2.94. The van der Waals surface area contributed by atoms with Gasteiger partial charge in [0.25, 0.3) is 5.91 Å². The monoisotopic (exact) mass is 390 g/mol. The minimum atomic E-state index is -0.729. The van der Waals surface area contributed by atoms with Crippen molar-refractivity contribution in [1.82, 2.24) is 10.6 Å². The number of urea groups is 1. The van der Waals surface area contributed by atoms with Gasteiger partial charge in [0.2, 0.25) is 5.91 Å². The summed E-state index contributed by atoms with van der Waals surface area (Å²) in [4.78, 5) is 35.2. The van der Waals surface area contributed by atoms with E-state index >= 15 is 0 Å². The van der Waals surface area contributed by atoms with Crippen LogP contribution in [0.1, 0.15) is 22.5 Å². The van der Waals surface area contributed by atoms with E-state index in [4.69, 9.17) is 10.2 Å². The van der Waals surface area contributed by atoms with E-state index in [1.807, 2.05) is 6.26 Å². The molecule has 0 spiro atoms. The molecule has 0 aliphatic carbocycles. The van der Waals surface area contributed by atoms with E-state index in [-0.39, 0.29) is 17.6 Å². The second-order valence-corrected chi connectivity index (χ2v) is 6.67. The molecule has 0 bridgehead atoms. The average molecular weight is 390 g/mol. The standard InChI is InChI=1S/C18H22N4O4S/c1-27-10-8-14(22-18(19)25)16(23)20-11-12-4-6-13(7-5-12)21-17(24)15-3-2-9-26-15/h2-7,9,14H,8,10-11H2,1H3,(H,20,23)(H,21,24)(H3,19,22,25)/t14-/m0/s1. The van der Waals surface area contributed by atoms with Gasteiger partial charge in [-0.2, -0.15) is 11.8 Å². The van der Waals surface area contributed by atoms with Crippen LogP contribution in [0.3, 0.4) is 0 Å². The molecule has 0 saturated carbocycles. The van der Waals surface area contributed by atoms with Crippen LogP contribution in [-0.4, -0.2) is 35.9 Å². The van der Waals surface area contributed by atoms with Crippen molar-refractivity contribution in [2.45, 2.75) is 19.0 Å². The first-order chi connectivity index (χ1) is 13.0. The SMILES string of the molecule is CSCC[C@H](NC(N)=O)C(=O)NCc1ccc(NC(=O)c2ccco2)cc1. The van der Waals surface area contributed by atoms with Gasteiger partial charge in [-0.1, -0.05) is 12.1 Å². The number of rotatable bonds is 9. The summed E-state index contributed by atoms with van der Waals surface area (Å²) in [7, 11) is 0. The van der Waals surface area contributed by atoms with Crippen molar-refractivity contribution in [3.05, 3.63) is 54.0 Å². The smallest absolute Gasteiger partial charge is 0.312 e. The van der Waals surface area contributed by atoms with E-state index in [1.165, 1.54) is 6.26 Å². The number of carbonyl (C=O) groups excluding carboxylic acids is 3. The fourth-order valence-corrected chi connectivity index (χ4v) is 2.77. The van der Waals surface area contributed by atoms with Crippen LogP contribution in [0.25, 0.3) is 0 Å². The van der Waals surface area contributed by atoms with Gasteiger partial charge in [-0.25, -0.2) is 4.79 Å². The van der Waals surface area contributed by atoms with Crippen LogP contribution in [0.5, 0.6) is 0 Å². The van der Waals surface area contributed by atoms with Crippen LogP contribution >= 0.6 is 11.8 Å². The molecular weight excluding hydrogens is 368 g/mol. The van der Waals surface area contributed by atoms with E-state index in [9.17, 15) is 14.4 Å². The predicted molar refractivity (Wildman–Crippen MR) is 104 cm³/mol. The first-order valence-corrected chi connectivity index (χ1v) is 9.65. The van der Waals surface area contributed by atoms with Crippen molar-refractivity contribution in [1.29, 1.82) is 0 Å². The number of carbonyl (C=O) groups is 3. The highest BCUT2D eigenvalue weighted by Gasteiger charge is 2.19. The lowest BCUT2D eigenvalue weighted by Crippen LogP contribution is -2.48. The maximum absolute atomic E-state index is 12.2. The van der Waals surface area contributed by atoms with Crippen LogP contribution in [0.2, 0.25) is 0 Å². The Morgan fingerprint density at radius 3 is 2.52 bits per heavy atom. The number of amides is 4. The maximum Gasteiger partial charge on any atom is 0.312 e. The van der Waals surface area contributed by atoms with E-state index in [0.717, 1.165) is 11.3 Å². The molecule has 1 atom stereocenters. The highest BCUT2D eigenvalue weighted by Crippen LogP contribution is 2.12. The van der Waals surface area contributed by atoms with Gasteiger partial charge in [0.05, 0.1) is 6.26 Å². The van der Waals surface area contributed by atoms with Crippen LogP contribution in [0.15, 0.2) is 47.1 Å². The molecule has 2 rings (SSSR count). The summed E-state index contributed by atoms with van der Waals surface area (Å²) in [6, 6.07) is 8.86. The summed E-state index contributed by atoms with van der Waals surface area (Å²) in [6.07, 6.45) is 3.85. The molecule has 0 radical (unpaired) electrons. The van der Waals surface area contributed by atoms with E-state index < -0.39 is 12.1 Å². The third-order valence-electron chi connectivity index (χ3n) is 3.67. The Kier molecular flexibility index (Phi) is 7.75. The van der Waals surface area contributed by atoms with Crippen LogP contribution in [-0.2, 0) is 11.3 Å². The first kappa shape index (κ1) is 20.4. The molecule has 8 nitrogen and oxygen atoms in total. The van der Waals surface area contributed by atoms with Gasteiger partial charge >= 0.3 is 6.03 Å². The predicted octanol–water partition coefficient (Wildman–Crippen LogP) is 1.94. The zero-order valence-electron chi connectivity index (χ0n) is 14.9. The van der Waals surface area contributed by atoms with E-state index in [1.54, 1.807) is 48.2 Å². The Bertz CT molecular complexity index is 762. The van der Waals surface area contributed by atoms with Gasteiger partial charge in [-0.3, -0.25) is 9.59 Å². The number of anilines is 1. The number of furan rings is 1. The third-order valence-corrected chi connectivity index (χ3v) is 4.31. The van der Waals surface area contributed by atoms with Crippen molar-refractivity contribution in [2.24, 2.45) is 5.73 Å². The molecule has 1 heterocycles. The number of nitrogens with two attached hydrogens (primary N) is 1. The Labute approximate surface area is 161 Å². The van der Waals surface area contributed by atoms with Crippen molar-refractivity contribution in [2.75, 3.05) is 17.3 Å². The quantitative estimate of drug-likeness (QED) is 0.520. The Morgan fingerprint density at radius 2 is 1.93 bits per heavy atom. The summed E-state index contributed by atoms with van der Waals surface area (Å²) >= 11 is 1.58. The van der Waals surface area contributed by atoms with Gasteiger partial charge in [0, 0.05) is 12.2 Å². The van der Waals surface area contributed by atoms with Gasteiger partial charge in [-0.05, 0) is 48.3 Å². The minimum absolute atomic E-state index is 0.226. The fourth-order valence-electron chi connectivity index (χ4n) is 2.29. The molecule has 0 fully saturated rings. The molecule has 5 N–H and O–H groups in total. The number of hydrogen-bond donors (Lipinski definition) is 4. The summed E-state index contributed by atoms with van der Waals surface area (Å²) in [5, 5.41) is 7.94. The topological polar surface area (TPSA) is 126 Å². The first-order valence-electron chi connectivity index (χ1n) is 8.26. The molecule has 4 amide bonds. The summed E-state index contributed by atoms with van der Waals surface area (Å²) in [5.74, 6) is 0.320. The van der Waals surface area contributed by atoms with Crippen molar-refractivity contribution in [3.8, 4) is 0 Å². The van der Waals surface area contributed by atoms with E-state index in [0.29, 0.717) is 18.7 Å². The highest BCUT2D eigenvalue weighted by atomic mass is 32.2. The van der Waals surface area contributed by atoms with Crippen LogP contribution < -0.4 is 21.7 Å². The molecule has 0 aliphatic rings. The van der Waals surface area contributed by atoms with Crippen molar-refractivity contribution >= 4 is 35.3 Å². The molecule has 144 valence electrons. The largest absolute Gasteiger partial charge is 0.459 e. The molecule has 27 heavy (non-hydrogen) atoms. The number of hydrogen-bond acceptors (Lipinski definition) is 5. The lowest BCUT2D eigenvalue weighted by Gasteiger charge is -2.17. The lowest BCUT2D eigenvalue weighted by molar-refractivity contribution is -0.123. The molecule has 2 aromatic rings.